The topological polar surface area (TPSA) is 74.9 Å². The zero-order valence-corrected chi connectivity index (χ0v) is 14.7. The van der Waals surface area contributed by atoms with Gasteiger partial charge in [-0.05, 0) is 18.2 Å². The minimum atomic E-state index is -4.51. The summed E-state index contributed by atoms with van der Waals surface area (Å²) in [6, 6.07) is 7.65. The van der Waals surface area contributed by atoms with Crippen molar-refractivity contribution in [1.29, 1.82) is 0 Å². The second-order valence-electron chi connectivity index (χ2n) is 6.38. The number of alkyl halides is 3. The number of anilines is 1. The van der Waals surface area contributed by atoms with Gasteiger partial charge in [-0.3, -0.25) is 9.79 Å². The number of carbonyl (C=O) groups is 1. The summed E-state index contributed by atoms with van der Waals surface area (Å²) in [4.78, 5) is 22.4. The summed E-state index contributed by atoms with van der Waals surface area (Å²) >= 11 is 0. The van der Waals surface area contributed by atoms with Gasteiger partial charge in [-0.2, -0.15) is 22.8 Å². The van der Waals surface area contributed by atoms with Crippen molar-refractivity contribution in [2.45, 2.75) is 12.2 Å². The molecule has 0 aliphatic carbocycles. The van der Waals surface area contributed by atoms with E-state index in [1.165, 1.54) is 35.0 Å². The molecule has 0 spiro atoms. The van der Waals surface area contributed by atoms with Gasteiger partial charge < -0.3 is 10.2 Å². The first-order valence-electron chi connectivity index (χ1n) is 8.39. The summed E-state index contributed by atoms with van der Waals surface area (Å²) in [5.41, 5.74) is -0.316. The molecule has 1 aliphatic heterocycles. The van der Waals surface area contributed by atoms with Gasteiger partial charge in [0.15, 0.2) is 11.5 Å². The van der Waals surface area contributed by atoms with Gasteiger partial charge in [0, 0.05) is 19.2 Å². The van der Waals surface area contributed by atoms with Gasteiger partial charge in [-0.1, -0.05) is 18.2 Å². The zero-order valence-electron chi connectivity index (χ0n) is 14.7. The minimum absolute atomic E-state index is 0.0510. The molecule has 3 aromatic rings. The highest BCUT2D eigenvalue weighted by molar-refractivity contribution is 5.96. The Hall–Kier alpha value is -3.43. The lowest BCUT2D eigenvalue weighted by Gasteiger charge is -2.13. The van der Waals surface area contributed by atoms with Crippen molar-refractivity contribution in [3.05, 3.63) is 48.2 Å². The number of carbonyl (C=O) groups excluding carboxylic acids is 1. The standard InChI is InChI=1S/C18H15F3N6O/c1-26-9-14(23-10-26)17(28)24-16-8-22-15-7-6-13(25-27(15)16)11-4-2-3-5-12(11)18(19,20)21/h2-8,10,14H,9H2,1H3,(H,24,28). The molecular weight excluding hydrogens is 373 g/mol. The number of halogens is 3. The van der Waals surface area contributed by atoms with Gasteiger partial charge in [-0.15, -0.1) is 0 Å². The molecule has 1 amide bonds. The van der Waals surface area contributed by atoms with Crippen LogP contribution in [0.15, 0.2) is 47.6 Å². The average molecular weight is 388 g/mol. The van der Waals surface area contributed by atoms with E-state index in [1.54, 1.807) is 24.4 Å². The Kier molecular flexibility index (Phi) is 4.25. The Labute approximate surface area is 157 Å². The summed E-state index contributed by atoms with van der Waals surface area (Å²) in [5, 5.41) is 6.95. The molecule has 1 aromatic carbocycles. The molecule has 144 valence electrons. The zero-order chi connectivity index (χ0) is 19.9. The van der Waals surface area contributed by atoms with E-state index in [4.69, 9.17) is 0 Å². The van der Waals surface area contributed by atoms with Gasteiger partial charge in [0.1, 0.15) is 6.04 Å². The van der Waals surface area contributed by atoms with Crippen LogP contribution >= 0.6 is 0 Å². The fourth-order valence-electron chi connectivity index (χ4n) is 2.98. The summed E-state index contributed by atoms with van der Waals surface area (Å²) in [6.07, 6.45) is -1.53. The number of rotatable bonds is 3. The van der Waals surface area contributed by atoms with Crippen molar-refractivity contribution in [2.75, 3.05) is 18.9 Å². The smallest absolute Gasteiger partial charge is 0.363 e. The van der Waals surface area contributed by atoms with E-state index in [0.29, 0.717) is 12.2 Å². The number of amides is 1. The molecule has 4 rings (SSSR count). The van der Waals surface area contributed by atoms with Crippen LogP contribution in [0.2, 0.25) is 0 Å². The SMILES string of the molecule is CN1C=NC(C(=O)Nc2cnc3ccc(-c4ccccc4C(F)(F)F)nn23)C1. The van der Waals surface area contributed by atoms with Crippen molar-refractivity contribution in [3.63, 3.8) is 0 Å². The number of benzene rings is 1. The number of likely N-dealkylation sites (N-methyl/N-ethyl adjacent to an activating group) is 1. The van der Waals surface area contributed by atoms with Crippen LogP contribution in [-0.4, -0.2) is 51.4 Å². The van der Waals surface area contributed by atoms with Gasteiger partial charge in [0.05, 0.1) is 23.8 Å². The maximum Gasteiger partial charge on any atom is 0.417 e. The molecule has 1 unspecified atom stereocenters. The van der Waals surface area contributed by atoms with Crippen molar-refractivity contribution >= 4 is 23.7 Å². The molecule has 0 radical (unpaired) electrons. The highest BCUT2D eigenvalue weighted by atomic mass is 19.4. The van der Waals surface area contributed by atoms with Crippen LogP contribution in [-0.2, 0) is 11.0 Å². The van der Waals surface area contributed by atoms with Crippen LogP contribution in [0, 0.1) is 0 Å². The molecule has 0 saturated heterocycles. The Balaban J connectivity index is 1.70. The number of aromatic nitrogens is 3. The number of fused-ring (bicyclic) bond motifs is 1. The van der Waals surface area contributed by atoms with Crippen LogP contribution in [0.25, 0.3) is 16.9 Å². The summed E-state index contributed by atoms with van der Waals surface area (Å²) in [6.45, 7) is 0.445. The molecule has 7 nitrogen and oxygen atoms in total. The highest BCUT2D eigenvalue weighted by Gasteiger charge is 2.33. The summed E-state index contributed by atoms with van der Waals surface area (Å²) < 4.78 is 41.3. The number of imidazole rings is 1. The van der Waals surface area contributed by atoms with Gasteiger partial charge >= 0.3 is 6.18 Å². The molecule has 10 heteroatoms. The van der Waals surface area contributed by atoms with Crippen molar-refractivity contribution in [2.24, 2.45) is 4.99 Å². The number of nitrogens with zero attached hydrogens (tertiary/aromatic N) is 5. The Morgan fingerprint density at radius 1 is 1.21 bits per heavy atom. The van der Waals surface area contributed by atoms with Crippen LogP contribution in [0.5, 0.6) is 0 Å². The molecule has 28 heavy (non-hydrogen) atoms. The predicted octanol–water partition coefficient (Wildman–Crippen LogP) is 2.70. The first kappa shape index (κ1) is 18.0. The van der Waals surface area contributed by atoms with E-state index in [1.807, 2.05) is 0 Å². The Morgan fingerprint density at radius 3 is 2.71 bits per heavy atom. The fraction of sp³-hybridized carbons (Fsp3) is 0.222. The van der Waals surface area contributed by atoms with E-state index >= 15 is 0 Å². The molecule has 0 saturated carbocycles. The van der Waals surface area contributed by atoms with E-state index in [0.717, 1.165) is 6.07 Å². The maximum atomic E-state index is 13.3. The maximum absolute atomic E-state index is 13.3. The molecule has 2 aromatic heterocycles. The van der Waals surface area contributed by atoms with Crippen molar-refractivity contribution < 1.29 is 18.0 Å². The van der Waals surface area contributed by atoms with E-state index in [2.05, 4.69) is 20.4 Å². The number of aliphatic imine (C=N–C) groups is 1. The third kappa shape index (κ3) is 3.28. The van der Waals surface area contributed by atoms with Crippen LogP contribution in [0.4, 0.5) is 19.0 Å². The predicted molar refractivity (Wildman–Crippen MR) is 97.0 cm³/mol. The lowest BCUT2D eigenvalue weighted by Crippen LogP contribution is -2.31. The van der Waals surface area contributed by atoms with Crippen LogP contribution < -0.4 is 5.32 Å². The number of hydrogen-bond acceptors (Lipinski definition) is 5. The quantitative estimate of drug-likeness (QED) is 0.749. The Bertz CT molecular complexity index is 1070. The fourth-order valence-corrected chi connectivity index (χ4v) is 2.98. The minimum Gasteiger partial charge on any atom is -0.363 e. The van der Waals surface area contributed by atoms with E-state index in [9.17, 15) is 18.0 Å². The van der Waals surface area contributed by atoms with E-state index < -0.39 is 17.8 Å². The summed E-state index contributed by atoms with van der Waals surface area (Å²) in [5.74, 6) is -0.0820. The highest BCUT2D eigenvalue weighted by Crippen LogP contribution is 2.36. The molecule has 0 bridgehead atoms. The molecule has 0 fully saturated rings. The lowest BCUT2D eigenvalue weighted by molar-refractivity contribution is -0.137. The molecule has 3 heterocycles. The van der Waals surface area contributed by atoms with E-state index in [-0.39, 0.29) is 23.0 Å². The normalized spacial score (nSPS) is 16.7. The third-order valence-corrected chi connectivity index (χ3v) is 4.33. The summed E-state index contributed by atoms with van der Waals surface area (Å²) in [7, 11) is 1.80. The molecule has 1 aliphatic rings. The molecular formula is C18H15F3N6O. The lowest BCUT2D eigenvalue weighted by atomic mass is 10.0. The van der Waals surface area contributed by atoms with Gasteiger partial charge in [-0.25, -0.2) is 4.98 Å². The van der Waals surface area contributed by atoms with Crippen molar-refractivity contribution in [1.82, 2.24) is 19.5 Å². The first-order valence-corrected chi connectivity index (χ1v) is 8.39. The second-order valence-corrected chi connectivity index (χ2v) is 6.38. The average Bonchev–Trinajstić information content (AvgIpc) is 3.27. The number of hydrogen-bond donors (Lipinski definition) is 1. The van der Waals surface area contributed by atoms with Crippen molar-refractivity contribution in [3.8, 4) is 11.3 Å². The molecule has 1 atom stereocenters. The second kappa shape index (κ2) is 6.63. The third-order valence-electron chi connectivity index (χ3n) is 4.33. The monoisotopic (exact) mass is 388 g/mol. The molecule has 1 N–H and O–H groups in total. The van der Waals surface area contributed by atoms with Crippen LogP contribution in [0.1, 0.15) is 5.56 Å². The van der Waals surface area contributed by atoms with Gasteiger partial charge in [0.2, 0.25) is 0 Å². The number of nitrogens with one attached hydrogen (secondary N) is 1. The van der Waals surface area contributed by atoms with Gasteiger partial charge in [0.25, 0.3) is 5.91 Å². The Morgan fingerprint density at radius 2 is 2.00 bits per heavy atom. The largest absolute Gasteiger partial charge is 0.417 e. The van der Waals surface area contributed by atoms with Crippen LogP contribution in [0.3, 0.4) is 0 Å². The first-order chi connectivity index (χ1) is 13.3.